The molecule has 0 spiro atoms. The zero-order valence-electron chi connectivity index (χ0n) is 18.4. The molecule has 0 bridgehead atoms. The number of fused-ring (bicyclic) bond motifs is 1. The number of rotatable bonds is 6. The van der Waals surface area contributed by atoms with Gasteiger partial charge in [-0.1, -0.05) is 73.7 Å². The summed E-state index contributed by atoms with van der Waals surface area (Å²) in [5.41, 5.74) is 6.94. The Balaban J connectivity index is 1.64. The third-order valence-electron chi connectivity index (χ3n) is 5.85. The van der Waals surface area contributed by atoms with E-state index in [0.717, 1.165) is 28.8 Å². The van der Waals surface area contributed by atoms with E-state index in [1.807, 2.05) is 30.3 Å². The van der Waals surface area contributed by atoms with Gasteiger partial charge in [-0.25, -0.2) is 9.97 Å². The van der Waals surface area contributed by atoms with Gasteiger partial charge in [0.05, 0.1) is 11.4 Å². The van der Waals surface area contributed by atoms with E-state index in [2.05, 4.69) is 37.3 Å². The standard InChI is InChI=1S/C28H25N3O2/c1-2-19-10-6-11-21(14-19)16-25-28(33)31-18-26(22-12-7-13-23(32)17-22)29-24(27(31)30-25)15-20-8-4-3-5-9-20/h3-14,17-18,32-33H,2,15-16H2,1H3. The highest BCUT2D eigenvalue weighted by Gasteiger charge is 2.18. The maximum Gasteiger partial charge on any atom is 0.219 e. The molecule has 0 unspecified atom stereocenters. The number of hydrogen-bond donors (Lipinski definition) is 2. The van der Waals surface area contributed by atoms with Crippen LogP contribution in [0.1, 0.15) is 35.0 Å². The van der Waals surface area contributed by atoms with Crippen LogP contribution in [0, 0.1) is 0 Å². The summed E-state index contributed by atoms with van der Waals surface area (Å²) >= 11 is 0. The molecule has 5 heteroatoms. The van der Waals surface area contributed by atoms with E-state index in [-0.39, 0.29) is 11.6 Å². The Morgan fingerprint density at radius 3 is 2.24 bits per heavy atom. The summed E-state index contributed by atoms with van der Waals surface area (Å²) in [6, 6.07) is 25.4. The van der Waals surface area contributed by atoms with Gasteiger partial charge >= 0.3 is 0 Å². The third-order valence-corrected chi connectivity index (χ3v) is 5.85. The molecule has 3 aromatic carbocycles. The quantitative estimate of drug-likeness (QED) is 0.367. The Labute approximate surface area is 192 Å². The van der Waals surface area contributed by atoms with Crippen molar-refractivity contribution in [3.05, 3.63) is 113 Å². The predicted octanol–water partition coefficient (Wildman–Crippen LogP) is 5.55. The van der Waals surface area contributed by atoms with Gasteiger partial charge in [0, 0.05) is 24.6 Å². The summed E-state index contributed by atoms with van der Waals surface area (Å²) < 4.78 is 1.71. The number of benzene rings is 3. The van der Waals surface area contributed by atoms with Gasteiger partial charge in [-0.3, -0.25) is 4.40 Å². The van der Waals surface area contributed by atoms with E-state index in [9.17, 15) is 10.2 Å². The number of hydrogen-bond acceptors (Lipinski definition) is 4. The first kappa shape index (κ1) is 20.8. The first-order chi connectivity index (χ1) is 16.1. The predicted molar refractivity (Wildman–Crippen MR) is 130 cm³/mol. The molecule has 2 N–H and O–H groups in total. The van der Waals surface area contributed by atoms with Crippen molar-refractivity contribution in [2.24, 2.45) is 0 Å². The maximum absolute atomic E-state index is 11.1. The minimum atomic E-state index is 0.116. The molecule has 2 heterocycles. The molecule has 2 aromatic heterocycles. The van der Waals surface area contributed by atoms with E-state index < -0.39 is 0 Å². The molecule has 164 valence electrons. The molecule has 0 saturated carbocycles. The normalized spacial score (nSPS) is 11.2. The van der Waals surface area contributed by atoms with Crippen LogP contribution < -0.4 is 0 Å². The summed E-state index contributed by atoms with van der Waals surface area (Å²) in [7, 11) is 0. The van der Waals surface area contributed by atoms with Crippen molar-refractivity contribution < 1.29 is 10.2 Å². The first-order valence-electron chi connectivity index (χ1n) is 11.1. The van der Waals surface area contributed by atoms with E-state index in [1.165, 1.54) is 5.56 Å². The van der Waals surface area contributed by atoms with E-state index >= 15 is 0 Å². The molecular weight excluding hydrogens is 410 g/mol. The van der Waals surface area contributed by atoms with Crippen molar-refractivity contribution in [1.29, 1.82) is 0 Å². The number of aromatic nitrogens is 3. The number of nitrogens with zero attached hydrogens (tertiary/aromatic N) is 3. The second-order valence-electron chi connectivity index (χ2n) is 8.21. The summed E-state index contributed by atoms with van der Waals surface area (Å²) in [5.74, 6) is 0.287. The minimum Gasteiger partial charge on any atom is -0.508 e. The Morgan fingerprint density at radius 1 is 0.727 bits per heavy atom. The number of aromatic hydroxyl groups is 2. The smallest absolute Gasteiger partial charge is 0.219 e. The highest BCUT2D eigenvalue weighted by Crippen LogP contribution is 2.29. The highest BCUT2D eigenvalue weighted by atomic mass is 16.3. The average molecular weight is 436 g/mol. The highest BCUT2D eigenvalue weighted by molar-refractivity contribution is 5.64. The fourth-order valence-corrected chi connectivity index (χ4v) is 4.13. The molecule has 0 aliphatic heterocycles. The Bertz CT molecular complexity index is 1420. The van der Waals surface area contributed by atoms with Crippen LogP contribution in [0.5, 0.6) is 11.6 Å². The van der Waals surface area contributed by atoms with Crippen LogP contribution in [-0.4, -0.2) is 24.6 Å². The van der Waals surface area contributed by atoms with Crippen molar-refractivity contribution in [2.45, 2.75) is 26.2 Å². The average Bonchev–Trinajstić information content (AvgIpc) is 3.15. The van der Waals surface area contributed by atoms with Crippen LogP contribution in [-0.2, 0) is 19.3 Å². The maximum atomic E-state index is 11.1. The van der Waals surface area contributed by atoms with E-state index in [4.69, 9.17) is 9.97 Å². The summed E-state index contributed by atoms with van der Waals surface area (Å²) in [5, 5.41) is 21.1. The van der Waals surface area contributed by atoms with Gasteiger partial charge in [0.1, 0.15) is 11.4 Å². The molecule has 0 atom stereocenters. The topological polar surface area (TPSA) is 70.7 Å². The van der Waals surface area contributed by atoms with Crippen molar-refractivity contribution in [2.75, 3.05) is 0 Å². The molecule has 0 radical (unpaired) electrons. The SMILES string of the molecule is CCc1cccc(Cc2nc3c(Cc4ccccc4)nc(-c4cccc(O)c4)cn3c2O)c1. The zero-order valence-corrected chi connectivity index (χ0v) is 18.4. The molecule has 0 aliphatic rings. The lowest BCUT2D eigenvalue weighted by molar-refractivity contribution is 0.442. The number of aryl methyl sites for hydroxylation is 1. The van der Waals surface area contributed by atoms with Crippen molar-refractivity contribution >= 4 is 5.65 Å². The van der Waals surface area contributed by atoms with Crippen molar-refractivity contribution in [3.8, 4) is 22.9 Å². The molecule has 33 heavy (non-hydrogen) atoms. The molecular formula is C28H25N3O2. The van der Waals surface area contributed by atoms with Gasteiger partial charge in [0.2, 0.25) is 5.88 Å². The fourth-order valence-electron chi connectivity index (χ4n) is 4.13. The van der Waals surface area contributed by atoms with E-state index in [1.54, 1.807) is 28.8 Å². The van der Waals surface area contributed by atoms with Crippen LogP contribution in [0.2, 0.25) is 0 Å². The summed E-state index contributed by atoms with van der Waals surface area (Å²) in [6.45, 7) is 2.13. The summed E-state index contributed by atoms with van der Waals surface area (Å²) in [4.78, 5) is 9.70. The number of phenolic OH excluding ortho intramolecular Hbond substituents is 1. The van der Waals surface area contributed by atoms with Gasteiger partial charge < -0.3 is 10.2 Å². The Kier molecular flexibility index (Phi) is 5.53. The van der Waals surface area contributed by atoms with Gasteiger partial charge in [0.15, 0.2) is 5.65 Å². The first-order valence-corrected chi connectivity index (χ1v) is 11.1. The largest absolute Gasteiger partial charge is 0.508 e. The van der Waals surface area contributed by atoms with Gasteiger partial charge in [-0.05, 0) is 35.2 Å². The zero-order chi connectivity index (χ0) is 22.8. The van der Waals surface area contributed by atoms with Crippen LogP contribution in [0.4, 0.5) is 0 Å². The molecule has 0 saturated heterocycles. The second-order valence-corrected chi connectivity index (χ2v) is 8.21. The third kappa shape index (κ3) is 4.30. The number of phenols is 1. The minimum absolute atomic E-state index is 0.116. The van der Waals surface area contributed by atoms with Crippen LogP contribution in [0.3, 0.4) is 0 Å². The number of imidazole rings is 1. The van der Waals surface area contributed by atoms with Gasteiger partial charge in [-0.15, -0.1) is 0 Å². The molecule has 5 aromatic rings. The molecule has 0 aliphatic carbocycles. The van der Waals surface area contributed by atoms with Crippen LogP contribution in [0.25, 0.3) is 16.9 Å². The lowest BCUT2D eigenvalue weighted by atomic mass is 10.1. The van der Waals surface area contributed by atoms with Crippen LogP contribution >= 0.6 is 0 Å². The lowest BCUT2D eigenvalue weighted by Gasteiger charge is -2.09. The fraction of sp³-hybridized carbons (Fsp3) is 0.143. The van der Waals surface area contributed by atoms with Gasteiger partial charge in [-0.2, -0.15) is 0 Å². The van der Waals surface area contributed by atoms with Crippen molar-refractivity contribution in [3.63, 3.8) is 0 Å². The van der Waals surface area contributed by atoms with Crippen molar-refractivity contribution in [1.82, 2.24) is 14.4 Å². The Morgan fingerprint density at radius 2 is 1.45 bits per heavy atom. The lowest BCUT2D eigenvalue weighted by Crippen LogP contribution is -2.00. The van der Waals surface area contributed by atoms with Gasteiger partial charge in [0.25, 0.3) is 0 Å². The molecule has 5 rings (SSSR count). The summed E-state index contributed by atoms with van der Waals surface area (Å²) in [6.07, 6.45) is 3.86. The monoisotopic (exact) mass is 435 g/mol. The molecule has 0 amide bonds. The van der Waals surface area contributed by atoms with E-state index in [0.29, 0.717) is 29.9 Å². The Hall–Kier alpha value is -4.12. The van der Waals surface area contributed by atoms with Crippen LogP contribution in [0.15, 0.2) is 85.1 Å². The molecule has 5 nitrogen and oxygen atoms in total. The second kappa shape index (κ2) is 8.79. The molecule has 0 fully saturated rings.